The largest absolute Gasteiger partial charge is 0.493 e. The molecule has 0 fully saturated rings. The number of rotatable bonds is 8. The van der Waals surface area contributed by atoms with E-state index in [-0.39, 0.29) is 11.8 Å². The maximum Gasteiger partial charge on any atom is 0.291 e. The predicted octanol–water partition coefficient (Wildman–Crippen LogP) is 3.39. The van der Waals surface area contributed by atoms with Crippen molar-refractivity contribution in [1.82, 2.24) is 5.01 Å². The van der Waals surface area contributed by atoms with Crippen molar-refractivity contribution in [2.45, 2.75) is 33.2 Å². The van der Waals surface area contributed by atoms with Gasteiger partial charge in [0.05, 0.1) is 26.5 Å². The smallest absolute Gasteiger partial charge is 0.291 e. The van der Waals surface area contributed by atoms with Crippen LogP contribution >= 0.6 is 0 Å². The molecule has 1 atom stereocenters. The summed E-state index contributed by atoms with van der Waals surface area (Å²) in [5.74, 6) is -0.0231. The fourth-order valence-corrected chi connectivity index (χ4v) is 3.52. The number of Topliss-reactive ketones (excluding diaryl/α,β-unsaturated/α-hetero) is 1. The number of carbonyl (C=O) groups is 3. The minimum absolute atomic E-state index is 0.0148. The summed E-state index contributed by atoms with van der Waals surface area (Å²) in [6.45, 7) is 3.55. The monoisotopic (exact) mass is 437 g/mol. The molecule has 2 aromatic rings. The Morgan fingerprint density at radius 3 is 2.38 bits per heavy atom. The summed E-state index contributed by atoms with van der Waals surface area (Å²) in [7, 11) is 3.17. The van der Waals surface area contributed by atoms with Crippen molar-refractivity contribution in [3.63, 3.8) is 0 Å². The van der Waals surface area contributed by atoms with Crippen LogP contribution < -0.4 is 14.8 Å². The summed E-state index contributed by atoms with van der Waals surface area (Å²) >= 11 is 0. The number of benzene rings is 2. The molecule has 0 bridgehead atoms. The van der Waals surface area contributed by atoms with E-state index in [0.717, 1.165) is 23.3 Å². The second-order valence-electron chi connectivity index (χ2n) is 7.52. The molecule has 0 spiro atoms. The quantitative estimate of drug-likeness (QED) is 0.639. The van der Waals surface area contributed by atoms with Gasteiger partial charge in [-0.15, -0.1) is 0 Å². The minimum Gasteiger partial charge on any atom is -0.493 e. The van der Waals surface area contributed by atoms with E-state index in [4.69, 9.17) is 14.6 Å². The molecule has 1 aliphatic heterocycles. The summed E-state index contributed by atoms with van der Waals surface area (Å²) in [6, 6.07) is 12.6. The average molecular weight is 437 g/mol. The van der Waals surface area contributed by atoms with E-state index in [0.29, 0.717) is 30.2 Å². The molecule has 2 amide bonds. The zero-order valence-electron chi connectivity index (χ0n) is 18.7. The van der Waals surface area contributed by atoms with Gasteiger partial charge in [-0.1, -0.05) is 19.1 Å². The van der Waals surface area contributed by atoms with Crippen LogP contribution in [0.5, 0.6) is 11.5 Å². The Balaban J connectivity index is 1.84. The third kappa shape index (κ3) is 5.14. The van der Waals surface area contributed by atoms with E-state index >= 15 is 0 Å². The summed E-state index contributed by atoms with van der Waals surface area (Å²) in [5.41, 5.74) is 3.08. The van der Waals surface area contributed by atoms with Gasteiger partial charge in [0.25, 0.3) is 5.91 Å². The van der Waals surface area contributed by atoms with E-state index in [1.165, 1.54) is 11.9 Å². The van der Waals surface area contributed by atoms with E-state index < -0.39 is 11.7 Å². The second-order valence-corrected chi connectivity index (χ2v) is 7.52. The fraction of sp³-hybridized carbons (Fsp3) is 0.333. The lowest BCUT2D eigenvalue weighted by atomic mass is 9.89. The molecule has 0 aliphatic carbocycles. The number of hydrogen-bond donors (Lipinski definition) is 1. The van der Waals surface area contributed by atoms with Crippen molar-refractivity contribution < 1.29 is 23.9 Å². The van der Waals surface area contributed by atoms with Gasteiger partial charge in [0.15, 0.2) is 11.5 Å². The van der Waals surface area contributed by atoms with Gasteiger partial charge >= 0.3 is 0 Å². The average Bonchev–Trinajstić information content (AvgIpc) is 2.80. The number of hydrogen-bond acceptors (Lipinski definition) is 6. The highest BCUT2D eigenvalue weighted by Crippen LogP contribution is 2.31. The van der Waals surface area contributed by atoms with Crippen LogP contribution in [0.25, 0.3) is 0 Å². The van der Waals surface area contributed by atoms with E-state index in [2.05, 4.69) is 5.32 Å². The molecule has 32 heavy (non-hydrogen) atoms. The van der Waals surface area contributed by atoms with Crippen LogP contribution in [-0.4, -0.2) is 42.5 Å². The first-order valence-electron chi connectivity index (χ1n) is 10.4. The Bertz CT molecular complexity index is 1050. The molecule has 3 rings (SSSR count). The van der Waals surface area contributed by atoms with Gasteiger partial charge in [-0.2, -0.15) is 5.10 Å². The van der Waals surface area contributed by atoms with Gasteiger partial charge in [0, 0.05) is 30.5 Å². The lowest BCUT2D eigenvalue weighted by Gasteiger charge is -2.29. The lowest BCUT2D eigenvalue weighted by molar-refractivity contribution is -0.133. The number of ketones is 1. The number of ether oxygens (including phenoxy) is 2. The van der Waals surface area contributed by atoms with Gasteiger partial charge in [-0.05, 0) is 42.3 Å². The van der Waals surface area contributed by atoms with Gasteiger partial charge in [-0.3, -0.25) is 14.4 Å². The molecular weight excluding hydrogens is 410 g/mol. The van der Waals surface area contributed by atoms with Crippen LogP contribution in [0.3, 0.4) is 0 Å². The number of amides is 2. The van der Waals surface area contributed by atoms with Crippen molar-refractivity contribution in [1.29, 1.82) is 0 Å². The van der Waals surface area contributed by atoms with Crippen molar-refractivity contribution in [2.24, 2.45) is 11.0 Å². The molecule has 1 heterocycles. The predicted molar refractivity (Wildman–Crippen MR) is 121 cm³/mol. The van der Waals surface area contributed by atoms with Crippen molar-refractivity contribution >= 4 is 29.0 Å². The minimum atomic E-state index is -0.668. The lowest BCUT2D eigenvalue weighted by Crippen LogP contribution is -2.36. The number of anilines is 1. The Morgan fingerprint density at radius 1 is 1.09 bits per heavy atom. The molecular formula is C24H27N3O5. The summed E-state index contributed by atoms with van der Waals surface area (Å²) < 4.78 is 10.7. The van der Waals surface area contributed by atoms with Crippen LogP contribution in [0, 0.1) is 5.92 Å². The SMILES string of the molecule is CCC1CC(=O)N(Cc2ccc(NC(=O)C(C)=O)cc2)N=C1c1ccc(OC)c(OC)c1. The van der Waals surface area contributed by atoms with Crippen LogP contribution in [0.1, 0.15) is 37.8 Å². The number of nitrogens with one attached hydrogen (secondary N) is 1. The molecule has 0 saturated heterocycles. The number of hydrazone groups is 1. The molecule has 0 saturated carbocycles. The van der Waals surface area contributed by atoms with Crippen LogP contribution in [-0.2, 0) is 20.9 Å². The Hall–Kier alpha value is -3.68. The zero-order chi connectivity index (χ0) is 23.3. The van der Waals surface area contributed by atoms with Crippen molar-refractivity contribution in [3.8, 4) is 11.5 Å². The first kappa shape index (κ1) is 23.0. The molecule has 8 heteroatoms. The van der Waals surface area contributed by atoms with Crippen LogP contribution in [0.4, 0.5) is 5.69 Å². The molecule has 168 valence electrons. The third-order valence-corrected chi connectivity index (χ3v) is 5.36. The first-order chi connectivity index (χ1) is 15.4. The highest BCUT2D eigenvalue weighted by atomic mass is 16.5. The summed E-state index contributed by atoms with van der Waals surface area (Å²) in [5, 5.41) is 8.69. The van der Waals surface area contributed by atoms with Crippen LogP contribution in [0.15, 0.2) is 47.6 Å². The Morgan fingerprint density at radius 2 is 1.78 bits per heavy atom. The molecule has 0 radical (unpaired) electrons. The fourth-order valence-electron chi connectivity index (χ4n) is 3.52. The van der Waals surface area contributed by atoms with Gasteiger partial charge < -0.3 is 14.8 Å². The second kappa shape index (κ2) is 10.1. The number of carbonyl (C=O) groups excluding carboxylic acids is 3. The molecule has 0 aromatic heterocycles. The van der Waals surface area contributed by atoms with E-state index in [1.807, 2.05) is 25.1 Å². The zero-order valence-corrected chi connectivity index (χ0v) is 18.7. The van der Waals surface area contributed by atoms with Crippen LogP contribution in [0.2, 0.25) is 0 Å². The molecule has 1 N–H and O–H groups in total. The molecule has 8 nitrogen and oxygen atoms in total. The molecule has 2 aromatic carbocycles. The Kier molecular flexibility index (Phi) is 7.25. The summed E-state index contributed by atoms with van der Waals surface area (Å²) in [6.07, 6.45) is 1.16. The molecule has 1 unspecified atom stereocenters. The number of nitrogens with zero attached hydrogens (tertiary/aromatic N) is 2. The third-order valence-electron chi connectivity index (χ3n) is 5.36. The Labute approximate surface area is 187 Å². The summed E-state index contributed by atoms with van der Waals surface area (Å²) in [4.78, 5) is 35.4. The van der Waals surface area contributed by atoms with E-state index in [1.54, 1.807) is 38.5 Å². The van der Waals surface area contributed by atoms with E-state index in [9.17, 15) is 14.4 Å². The van der Waals surface area contributed by atoms with Gasteiger partial charge in [-0.25, -0.2) is 5.01 Å². The number of methoxy groups -OCH3 is 2. The standard InChI is InChI=1S/C24H27N3O5/c1-5-17-13-22(29)27(14-16-6-9-19(10-7-16)25-24(30)15(2)28)26-23(17)18-8-11-20(31-3)21(12-18)32-4/h6-12,17H,5,13-14H2,1-4H3,(H,25,30). The topological polar surface area (TPSA) is 97.3 Å². The maximum atomic E-state index is 12.7. The van der Waals surface area contributed by atoms with Gasteiger partial charge in [0.1, 0.15) is 0 Å². The normalized spacial score (nSPS) is 15.8. The van der Waals surface area contributed by atoms with Gasteiger partial charge in [0.2, 0.25) is 11.7 Å². The highest BCUT2D eigenvalue weighted by Gasteiger charge is 2.29. The van der Waals surface area contributed by atoms with Crippen molar-refractivity contribution in [3.05, 3.63) is 53.6 Å². The first-order valence-corrected chi connectivity index (χ1v) is 10.4. The van der Waals surface area contributed by atoms with Crippen molar-refractivity contribution in [2.75, 3.05) is 19.5 Å². The maximum absolute atomic E-state index is 12.7. The molecule has 1 aliphatic rings. The highest BCUT2D eigenvalue weighted by molar-refractivity contribution is 6.39.